The van der Waals surface area contributed by atoms with E-state index in [1.165, 1.54) is 0 Å². The van der Waals surface area contributed by atoms with Crippen molar-refractivity contribution in [2.45, 2.75) is 25.8 Å². The largest absolute Gasteiger partial charge is 0.369 e. The van der Waals surface area contributed by atoms with Crippen LogP contribution in [-0.2, 0) is 11.3 Å². The first-order chi connectivity index (χ1) is 14.6. The van der Waals surface area contributed by atoms with E-state index in [0.717, 1.165) is 68.5 Å². The maximum Gasteiger partial charge on any atom is 0.221 e. The number of nitrogens with two attached hydrogens (primary N) is 1. The summed E-state index contributed by atoms with van der Waals surface area (Å²) in [5.74, 6) is 1.55. The number of likely N-dealkylation sites (tertiary alicyclic amines) is 1. The van der Waals surface area contributed by atoms with Crippen molar-refractivity contribution < 1.29 is 4.79 Å². The molecule has 1 aromatic heterocycles. The summed E-state index contributed by atoms with van der Waals surface area (Å²) >= 11 is 0. The lowest BCUT2D eigenvalue weighted by atomic mass is 9.97. The van der Waals surface area contributed by atoms with E-state index in [-0.39, 0.29) is 11.8 Å². The highest BCUT2D eigenvalue weighted by Gasteiger charge is 2.23. The van der Waals surface area contributed by atoms with Gasteiger partial charge in [-0.15, -0.1) is 0 Å². The molecule has 1 aromatic carbocycles. The molecule has 1 aliphatic rings. The molecule has 1 unspecified atom stereocenters. The van der Waals surface area contributed by atoms with Gasteiger partial charge in [-0.2, -0.15) is 0 Å². The van der Waals surface area contributed by atoms with Gasteiger partial charge in [0.25, 0.3) is 0 Å². The minimum atomic E-state index is -0.173. The highest BCUT2D eigenvalue weighted by atomic mass is 16.1. The lowest BCUT2D eigenvalue weighted by Gasteiger charge is -2.31. The number of piperidine rings is 1. The summed E-state index contributed by atoms with van der Waals surface area (Å²) < 4.78 is 0. The first-order valence-electron chi connectivity index (χ1n) is 10.6. The van der Waals surface area contributed by atoms with Crippen LogP contribution >= 0.6 is 0 Å². The van der Waals surface area contributed by atoms with Gasteiger partial charge in [-0.05, 0) is 37.9 Å². The summed E-state index contributed by atoms with van der Waals surface area (Å²) in [5, 5.41) is 3.42. The van der Waals surface area contributed by atoms with E-state index >= 15 is 0 Å². The number of amides is 1. The monoisotopic (exact) mass is 411 g/mol. The number of carbonyl (C=O) groups is 1. The molecule has 0 bridgehead atoms. The van der Waals surface area contributed by atoms with Gasteiger partial charge in [0.1, 0.15) is 5.82 Å². The molecule has 2 aromatic rings. The Labute approximate surface area is 178 Å². The molecule has 1 saturated heterocycles. The third kappa shape index (κ3) is 6.06. The van der Waals surface area contributed by atoms with E-state index in [2.05, 4.69) is 42.2 Å². The molecular formula is C22H33N7O. The fourth-order valence-electron chi connectivity index (χ4n) is 3.89. The minimum Gasteiger partial charge on any atom is -0.369 e. The average molecular weight is 412 g/mol. The Hall–Kier alpha value is -2.87. The second-order valence-electron chi connectivity index (χ2n) is 7.84. The topological polar surface area (TPSA) is 103 Å². The number of carbonyl (C=O) groups excluding carboxylic acids is 1. The van der Waals surface area contributed by atoms with Crippen molar-refractivity contribution in [3.05, 3.63) is 42.4 Å². The van der Waals surface area contributed by atoms with Crippen LogP contribution in [0.25, 0.3) is 11.3 Å². The molecule has 0 aliphatic carbocycles. The molecule has 0 spiro atoms. The van der Waals surface area contributed by atoms with E-state index in [4.69, 9.17) is 5.73 Å². The summed E-state index contributed by atoms with van der Waals surface area (Å²) in [6.07, 6.45) is 4.81. The second kappa shape index (κ2) is 10.8. The van der Waals surface area contributed by atoms with Gasteiger partial charge in [0.05, 0.1) is 24.4 Å². The fourth-order valence-corrected chi connectivity index (χ4v) is 3.89. The van der Waals surface area contributed by atoms with Gasteiger partial charge in [0.2, 0.25) is 5.91 Å². The average Bonchev–Trinajstić information content (AvgIpc) is 3.23. The van der Waals surface area contributed by atoms with E-state index in [9.17, 15) is 4.79 Å². The summed E-state index contributed by atoms with van der Waals surface area (Å²) in [6, 6.07) is 10.2. The number of aromatic nitrogens is 2. The van der Waals surface area contributed by atoms with Crippen LogP contribution in [-0.4, -0.2) is 71.9 Å². The van der Waals surface area contributed by atoms with Gasteiger partial charge in [-0.1, -0.05) is 30.3 Å². The Morgan fingerprint density at radius 2 is 2.20 bits per heavy atom. The van der Waals surface area contributed by atoms with Crippen molar-refractivity contribution in [1.29, 1.82) is 0 Å². The number of aromatic amines is 1. The number of benzene rings is 1. The molecule has 1 aliphatic heterocycles. The molecule has 1 atom stereocenters. The zero-order chi connectivity index (χ0) is 21.3. The van der Waals surface area contributed by atoms with Crippen LogP contribution in [0.15, 0.2) is 41.5 Å². The maximum atomic E-state index is 11.4. The van der Waals surface area contributed by atoms with Crippen molar-refractivity contribution >= 4 is 11.9 Å². The number of imidazole rings is 1. The predicted molar refractivity (Wildman–Crippen MR) is 120 cm³/mol. The van der Waals surface area contributed by atoms with Gasteiger partial charge in [-0.3, -0.25) is 9.79 Å². The van der Waals surface area contributed by atoms with Crippen LogP contribution in [0.4, 0.5) is 0 Å². The van der Waals surface area contributed by atoms with Crippen LogP contribution in [0.3, 0.4) is 0 Å². The molecular weight excluding hydrogens is 378 g/mol. The summed E-state index contributed by atoms with van der Waals surface area (Å²) in [6.45, 7) is 4.24. The Morgan fingerprint density at radius 3 is 2.93 bits per heavy atom. The number of nitrogens with one attached hydrogen (secondary N) is 2. The third-order valence-electron chi connectivity index (χ3n) is 5.52. The molecule has 8 nitrogen and oxygen atoms in total. The molecule has 0 saturated carbocycles. The predicted octanol–water partition coefficient (Wildman–Crippen LogP) is 1.67. The normalized spacial score (nSPS) is 17.7. The first kappa shape index (κ1) is 21.8. The van der Waals surface area contributed by atoms with Gasteiger partial charge < -0.3 is 25.8 Å². The number of hydrogen-bond acceptors (Lipinski definition) is 4. The molecule has 162 valence electrons. The van der Waals surface area contributed by atoms with Gasteiger partial charge >= 0.3 is 0 Å². The number of primary amides is 1. The third-order valence-corrected chi connectivity index (χ3v) is 5.52. The number of guanidine groups is 1. The lowest BCUT2D eigenvalue weighted by molar-refractivity contribution is -0.123. The summed E-state index contributed by atoms with van der Waals surface area (Å²) in [4.78, 5) is 28.1. The van der Waals surface area contributed by atoms with E-state index in [1.807, 2.05) is 31.4 Å². The van der Waals surface area contributed by atoms with Gasteiger partial charge in [0.15, 0.2) is 5.96 Å². The Balaban J connectivity index is 1.42. The van der Waals surface area contributed by atoms with Crippen LogP contribution in [0.2, 0.25) is 0 Å². The molecule has 0 radical (unpaired) electrons. The number of rotatable bonds is 8. The summed E-state index contributed by atoms with van der Waals surface area (Å²) in [5.41, 5.74) is 7.60. The van der Waals surface area contributed by atoms with Crippen molar-refractivity contribution in [3.63, 3.8) is 0 Å². The zero-order valence-electron chi connectivity index (χ0n) is 18.0. The Bertz CT molecular complexity index is 833. The maximum absolute atomic E-state index is 11.4. The van der Waals surface area contributed by atoms with Crippen LogP contribution in [0.1, 0.15) is 25.1 Å². The van der Waals surface area contributed by atoms with Crippen molar-refractivity contribution in [2.24, 2.45) is 16.6 Å². The van der Waals surface area contributed by atoms with Crippen molar-refractivity contribution in [2.75, 3.05) is 40.3 Å². The second-order valence-corrected chi connectivity index (χ2v) is 7.84. The quantitative estimate of drug-likeness (QED) is 0.348. The fraction of sp³-hybridized carbons (Fsp3) is 0.500. The number of nitrogens with zero attached hydrogens (tertiary/aromatic N) is 4. The molecule has 30 heavy (non-hydrogen) atoms. The lowest BCUT2D eigenvalue weighted by Crippen LogP contribution is -2.43. The van der Waals surface area contributed by atoms with Crippen molar-refractivity contribution in [3.8, 4) is 11.3 Å². The molecule has 1 amide bonds. The molecule has 1 fully saturated rings. The number of aliphatic imine (C=N–C) groups is 1. The first-order valence-corrected chi connectivity index (χ1v) is 10.6. The molecule has 4 N–H and O–H groups in total. The minimum absolute atomic E-state index is 0.000296. The standard InChI is InChI=1S/C22H33N7O/c1-24-22(25-11-7-13-29-12-6-10-18(15-29)21(23)30)28(2)16-20-26-14-19(27-20)17-8-4-3-5-9-17/h3-5,8-9,14,18H,6-7,10-13,15-16H2,1-2H3,(H2,23,30)(H,24,25)(H,26,27). The Kier molecular flexibility index (Phi) is 7.84. The summed E-state index contributed by atoms with van der Waals surface area (Å²) in [7, 11) is 3.79. The molecule has 3 rings (SSSR count). The smallest absolute Gasteiger partial charge is 0.221 e. The van der Waals surface area contributed by atoms with Gasteiger partial charge in [0, 0.05) is 27.2 Å². The van der Waals surface area contributed by atoms with Crippen LogP contribution in [0.5, 0.6) is 0 Å². The molecule has 2 heterocycles. The van der Waals surface area contributed by atoms with E-state index in [1.54, 1.807) is 7.05 Å². The highest BCUT2D eigenvalue weighted by molar-refractivity contribution is 5.79. The number of hydrogen-bond donors (Lipinski definition) is 3. The van der Waals surface area contributed by atoms with Gasteiger partial charge in [-0.25, -0.2) is 4.98 Å². The van der Waals surface area contributed by atoms with E-state index in [0.29, 0.717) is 6.54 Å². The Morgan fingerprint density at radius 1 is 1.40 bits per heavy atom. The number of H-pyrrole nitrogens is 1. The zero-order valence-corrected chi connectivity index (χ0v) is 18.0. The van der Waals surface area contributed by atoms with Crippen LogP contribution < -0.4 is 11.1 Å². The molecule has 8 heteroatoms. The van der Waals surface area contributed by atoms with Crippen LogP contribution in [0, 0.1) is 5.92 Å². The highest BCUT2D eigenvalue weighted by Crippen LogP contribution is 2.17. The van der Waals surface area contributed by atoms with Crippen molar-refractivity contribution in [1.82, 2.24) is 25.1 Å². The van der Waals surface area contributed by atoms with E-state index < -0.39 is 0 Å². The SMILES string of the molecule is CN=C(NCCCN1CCCC(C(N)=O)C1)N(C)Cc1ncc(-c2ccccc2)[nH]1.